The molecular formula is C22H25N3O3. The van der Waals surface area contributed by atoms with Crippen LogP contribution in [0.15, 0.2) is 48.5 Å². The average Bonchev–Trinajstić information content (AvgIpc) is 3.15. The summed E-state index contributed by atoms with van der Waals surface area (Å²) < 4.78 is 0. The van der Waals surface area contributed by atoms with Crippen molar-refractivity contribution in [2.45, 2.75) is 26.7 Å². The van der Waals surface area contributed by atoms with Gasteiger partial charge in [-0.3, -0.25) is 14.4 Å². The summed E-state index contributed by atoms with van der Waals surface area (Å²) in [6.45, 7) is 5.82. The highest BCUT2D eigenvalue weighted by Crippen LogP contribution is 2.23. The van der Waals surface area contributed by atoms with Crippen LogP contribution in [0.3, 0.4) is 0 Å². The highest BCUT2D eigenvalue weighted by molar-refractivity contribution is 6.06. The molecule has 1 saturated heterocycles. The van der Waals surface area contributed by atoms with E-state index in [4.69, 9.17) is 0 Å². The van der Waals surface area contributed by atoms with E-state index in [0.717, 1.165) is 12.1 Å². The van der Waals surface area contributed by atoms with Crippen LogP contribution in [0.2, 0.25) is 0 Å². The van der Waals surface area contributed by atoms with E-state index in [1.807, 2.05) is 19.9 Å². The molecule has 6 heteroatoms. The highest BCUT2D eigenvalue weighted by Gasteiger charge is 2.22. The Labute approximate surface area is 165 Å². The van der Waals surface area contributed by atoms with Crippen LogP contribution in [0.1, 0.15) is 47.4 Å². The SMILES string of the molecule is CCN(CC)C(=O)c1cccc(NC(=O)c2cccc(N3CCCC3=O)c2)c1. The number of hydrogen-bond donors (Lipinski definition) is 1. The third kappa shape index (κ3) is 4.22. The Morgan fingerprint density at radius 3 is 2.43 bits per heavy atom. The smallest absolute Gasteiger partial charge is 0.255 e. The molecule has 146 valence electrons. The predicted octanol–water partition coefficient (Wildman–Crippen LogP) is 3.55. The summed E-state index contributed by atoms with van der Waals surface area (Å²) in [7, 11) is 0. The zero-order valence-electron chi connectivity index (χ0n) is 16.3. The molecule has 0 saturated carbocycles. The quantitative estimate of drug-likeness (QED) is 0.834. The average molecular weight is 379 g/mol. The van der Waals surface area contributed by atoms with Crippen LogP contribution in [0.4, 0.5) is 11.4 Å². The Bertz CT molecular complexity index is 890. The highest BCUT2D eigenvalue weighted by atomic mass is 16.2. The molecule has 1 fully saturated rings. The Balaban J connectivity index is 1.76. The Kier molecular flexibility index (Phi) is 6.09. The molecule has 2 aromatic rings. The molecule has 3 rings (SSSR count). The van der Waals surface area contributed by atoms with Crippen LogP contribution in [0.25, 0.3) is 0 Å². The number of rotatable bonds is 6. The second-order valence-corrected chi connectivity index (χ2v) is 6.71. The van der Waals surface area contributed by atoms with E-state index in [0.29, 0.717) is 42.9 Å². The van der Waals surface area contributed by atoms with E-state index in [2.05, 4.69) is 5.32 Å². The fraction of sp³-hybridized carbons (Fsp3) is 0.318. The summed E-state index contributed by atoms with van der Waals surface area (Å²) in [6.07, 6.45) is 1.38. The maximum absolute atomic E-state index is 12.7. The summed E-state index contributed by atoms with van der Waals surface area (Å²) in [6, 6.07) is 14.0. The molecule has 1 N–H and O–H groups in total. The van der Waals surface area contributed by atoms with E-state index < -0.39 is 0 Å². The molecule has 1 aliphatic rings. The normalized spacial score (nSPS) is 13.5. The molecule has 0 unspecified atom stereocenters. The first-order chi connectivity index (χ1) is 13.5. The van der Waals surface area contributed by atoms with Gasteiger partial charge in [0.15, 0.2) is 0 Å². The van der Waals surface area contributed by atoms with Crippen LogP contribution >= 0.6 is 0 Å². The fourth-order valence-electron chi connectivity index (χ4n) is 3.36. The predicted molar refractivity (Wildman–Crippen MR) is 110 cm³/mol. The minimum absolute atomic E-state index is 0.0596. The van der Waals surface area contributed by atoms with Gasteiger partial charge in [-0.05, 0) is 56.7 Å². The molecule has 0 atom stereocenters. The lowest BCUT2D eigenvalue weighted by molar-refractivity contribution is -0.117. The fourth-order valence-corrected chi connectivity index (χ4v) is 3.36. The molecule has 0 aromatic heterocycles. The Hall–Kier alpha value is -3.15. The number of nitrogens with zero attached hydrogens (tertiary/aromatic N) is 2. The largest absolute Gasteiger partial charge is 0.339 e. The summed E-state index contributed by atoms with van der Waals surface area (Å²) in [5.41, 5.74) is 2.31. The summed E-state index contributed by atoms with van der Waals surface area (Å²) in [4.78, 5) is 40.6. The lowest BCUT2D eigenvalue weighted by Gasteiger charge is -2.19. The third-order valence-electron chi connectivity index (χ3n) is 4.91. The van der Waals surface area contributed by atoms with Gasteiger partial charge in [0, 0.05) is 48.6 Å². The van der Waals surface area contributed by atoms with Gasteiger partial charge in [-0.15, -0.1) is 0 Å². The summed E-state index contributed by atoms with van der Waals surface area (Å²) in [5.74, 6) is -0.253. The maximum Gasteiger partial charge on any atom is 0.255 e. The number of carbonyl (C=O) groups is 3. The van der Waals surface area contributed by atoms with Crippen molar-refractivity contribution in [2.24, 2.45) is 0 Å². The number of amides is 3. The molecule has 28 heavy (non-hydrogen) atoms. The van der Waals surface area contributed by atoms with Crippen LogP contribution in [-0.2, 0) is 4.79 Å². The summed E-state index contributed by atoms with van der Waals surface area (Å²) in [5, 5.41) is 2.84. The van der Waals surface area contributed by atoms with Crippen molar-refractivity contribution < 1.29 is 14.4 Å². The van der Waals surface area contributed by atoms with E-state index in [-0.39, 0.29) is 17.7 Å². The molecule has 0 radical (unpaired) electrons. The lowest BCUT2D eigenvalue weighted by atomic mass is 10.1. The van der Waals surface area contributed by atoms with Crippen molar-refractivity contribution >= 4 is 29.1 Å². The van der Waals surface area contributed by atoms with Gasteiger partial charge in [-0.2, -0.15) is 0 Å². The van der Waals surface area contributed by atoms with Crippen molar-refractivity contribution in [3.63, 3.8) is 0 Å². The second-order valence-electron chi connectivity index (χ2n) is 6.71. The van der Waals surface area contributed by atoms with Crippen LogP contribution < -0.4 is 10.2 Å². The van der Waals surface area contributed by atoms with E-state index in [1.54, 1.807) is 52.3 Å². The molecule has 1 heterocycles. The van der Waals surface area contributed by atoms with Crippen molar-refractivity contribution in [3.8, 4) is 0 Å². The van der Waals surface area contributed by atoms with Gasteiger partial charge in [-0.25, -0.2) is 0 Å². The molecule has 2 aromatic carbocycles. The van der Waals surface area contributed by atoms with Gasteiger partial charge in [0.05, 0.1) is 0 Å². The molecular weight excluding hydrogens is 354 g/mol. The van der Waals surface area contributed by atoms with Crippen molar-refractivity contribution in [3.05, 3.63) is 59.7 Å². The summed E-state index contributed by atoms with van der Waals surface area (Å²) >= 11 is 0. The monoisotopic (exact) mass is 379 g/mol. The topological polar surface area (TPSA) is 69.7 Å². The molecule has 6 nitrogen and oxygen atoms in total. The Morgan fingerprint density at radius 2 is 1.75 bits per heavy atom. The van der Waals surface area contributed by atoms with Gasteiger partial charge in [-0.1, -0.05) is 12.1 Å². The zero-order chi connectivity index (χ0) is 20.1. The third-order valence-corrected chi connectivity index (χ3v) is 4.91. The standard InChI is InChI=1S/C22H25N3O3/c1-3-24(4-2)22(28)17-9-5-10-18(14-17)23-21(27)16-8-6-11-19(15-16)25-13-7-12-20(25)26/h5-6,8-11,14-15H,3-4,7,12-13H2,1-2H3,(H,23,27). The number of anilines is 2. The first kappa shape index (κ1) is 19.6. The van der Waals surface area contributed by atoms with Gasteiger partial charge in [0.25, 0.3) is 11.8 Å². The molecule has 1 aliphatic heterocycles. The van der Waals surface area contributed by atoms with Gasteiger partial charge in [0.2, 0.25) is 5.91 Å². The number of carbonyl (C=O) groups excluding carboxylic acids is 3. The molecule has 0 spiro atoms. The van der Waals surface area contributed by atoms with Crippen molar-refractivity contribution in [1.29, 1.82) is 0 Å². The molecule has 0 aliphatic carbocycles. The minimum atomic E-state index is -0.277. The first-order valence-corrected chi connectivity index (χ1v) is 9.64. The van der Waals surface area contributed by atoms with Crippen LogP contribution in [-0.4, -0.2) is 42.3 Å². The number of benzene rings is 2. The Morgan fingerprint density at radius 1 is 1.04 bits per heavy atom. The van der Waals surface area contributed by atoms with Crippen molar-refractivity contribution in [2.75, 3.05) is 29.9 Å². The van der Waals surface area contributed by atoms with Gasteiger partial charge < -0.3 is 15.1 Å². The maximum atomic E-state index is 12.7. The molecule has 0 bridgehead atoms. The van der Waals surface area contributed by atoms with Gasteiger partial charge in [0.1, 0.15) is 0 Å². The zero-order valence-corrected chi connectivity index (χ0v) is 16.3. The van der Waals surface area contributed by atoms with Gasteiger partial charge >= 0.3 is 0 Å². The van der Waals surface area contributed by atoms with E-state index in [1.165, 1.54) is 0 Å². The van der Waals surface area contributed by atoms with Crippen LogP contribution in [0.5, 0.6) is 0 Å². The number of nitrogens with one attached hydrogen (secondary N) is 1. The number of hydrogen-bond acceptors (Lipinski definition) is 3. The van der Waals surface area contributed by atoms with Crippen molar-refractivity contribution in [1.82, 2.24) is 4.90 Å². The van der Waals surface area contributed by atoms with E-state index in [9.17, 15) is 14.4 Å². The van der Waals surface area contributed by atoms with E-state index >= 15 is 0 Å². The van der Waals surface area contributed by atoms with Crippen LogP contribution in [0, 0.1) is 0 Å². The second kappa shape index (κ2) is 8.69. The molecule has 3 amide bonds. The first-order valence-electron chi connectivity index (χ1n) is 9.64. The minimum Gasteiger partial charge on any atom is -0.339 e. The lowest BCUT2D eigenvalue weighted by Crippen LogP contribution is -2.30.